The van der Waals surface area contributed by atoms with Crippen LogP contribution in [0.25, 0.3) is 0 Å². The first-order chi connectivity index (χ1) is 16.2. The van der Waals surface area contributed by atoms with Crippen molar-refractivity contribution in [1.82, 2.24) is 0 Å². The van der Waals surface area contributed by atoms with Gasteiger partial charge in [0.25, 0.3) is 5.69 Å². The molecule has 0 aliphatic heterocycles. The van der Waals surface area contributed by atoms with Gasteiger partial charge in [0.15, 0.2) is 18.2 Å². The Kier molecular flexibility index (Phi) is 5.89. The quantitative estimate of drug-likeness (QED) is 0.180. The van der Waals surface area contributed by atoms with Crippen molar-refractivity contribution in [3.05, 3.63) is 110 Å². The Morgan fingerprint density at radius 3 is 2.09 bits per heavy atom. The normalized spacial score (nSPS) is 12.2. The van der Waals surface area contributed by atoms with Gasteiger partial charge >= 0.3 is 5.97 Å². The Bertz CT molecular complexity index is 1370. The van der Waals surface area contributed by atoms with Crippen molar-refractivity contribution in [3.8, 4) is 0 Å². The van der Waals surface area contributed by atoms with Crippen LogP contribution in [0.3, 0.4) is 0 Å². The minimum atomic E-state index is -1.14. The van der Waals surface area contributed by atoms with Crippen LogP contribution in [0.5, 0.6) is 0 Å². The van der Waals surface area contributed by atoms with Gasteiger partial charge in [0.05, 0.1) is 4.92 Å². The average molecular weight is 457 g/mol. The van der Waals surface area contributed by atoms with E-state index in [1.807, 2.05) is 13.8 Å². The van der Waals surface area contributed by atoms with Crippen LogP contribution in [0.1, 0.15) is 77.9 Å². The molecule has 0 N–H and O–H groups in total. The second-order valence-electron chi connectivity index (χ2n) is 8.12. The number of rotatable bonds is 6. The van der Waals surface area contributed by atoms with Gasteiger partial charge in [-0.15, -0.1) is 0 Å². The maximum Gasteiger partial charge on any atom is 0.345 e. The number of esters is 1. The number of nitrogens with zero attached hydrogens (tertiary/aromatic N) is 1. The highest BCUT2D eigenvalue weighted by atomic mass is 16.6. The van der Waals surface area contributed by atoms with Crippen molar-refractivity contribution in [1.29, 1.82) is 0 Å². The van der Waals surface area contributed by atoms with E-state index in [2.05, 4.69) is 0 Å². The summed E-state index contributed by atoms with van der Waals surface area (Å²) in [6.45, 7) is 3.39. The van der Waals surface area contributed by atoms with Crippen LogP contribution < -0.4 is 0 Å². The van der Waals surface area contributed by atoms with Gasteiger partial charge in [-0.25, -0.2) is 4.79 Å². The summed E-state index contributed by atoms with van der Waals surface area (Å²) in [5, 5.41) is 11.9. The van der Waals surface area contributed by atoms with Crippen molar-refractivity contribution in [2.45, 2.75) is 19.8 Å². The summed E-state index contributed by atoms with van der Waals surface area (Å²) in [5.41, 5.74) is -0.413. The van der Waals surface area contributed by atoms with Crippen molar-refractivity contribution in [3.63, 3.8) is 0 Å². The number of ketones is 3. The lowest BCUT2D eigenvalue weighted by Crippen LogP contribution is -2.24. The first kappa shape index (κ1) is 22.7. The largest absolute Gasteiger partial charge is 0.454 e. The Balaban J connectivity index is 1.63. The van der Waals surface area contributed by atoms with Gasteiger partial charge < -0.3 is 4.74 Å². The monoisotopic (exact) mass is 457 g/mol. The molecule has 0 heterocycles. The van der Waals surface area contributed by atoms with E-state index in [9.17, 15) is 29.3 Å². The fourth-order valence-electron chi connectivity index (χ4n) is 3.87. The zero-order valence-corrected chi connectivity index (χ0v) is 18.4. The third-order valence-electron chi connectivity index (χ3n) is 5.70. The third-order valence-corrected chi connectivity index (χ3v) is 5.70. The maximum absolute atomic E-state index is 13.0. The fourth-order valence-corrected chi connectivity index (χ4v) is 3.87. The van der Waals surface area contributed by atoms with Crippen LogP contribution in [-0.2, 0) is 4.74 Å². The number of hydrogen-bond donors (Lipinski definition) is 0. The molecule has 0 bridgehead atoms. The highest BCUT2D eigenvalue weighted by molar-refractivity contribution is 6.30. The molecule has 0 aromatic heterocycles. The van der Waals surface area contributed by atoms with Crippen LogP contribution in [0, 0.1) is 10.1 Å². The number of benzene rings is 3. The van der Waals surface area contributed by atoms with Gasteiger partial charge in [0.1, 0.15) is 11.1 Å². The first-order valence-electron chi connectivity index (χ1n) is 10.5. The van der Waals surface area contributed by atoms with Crippen LogP contribution in [0.2, 0.25) is 0 Å². The molecule has 0 saturated heterocycles. The van der Waals surface area contributed by atoms with Gasteiger partial charge in [-0.3, -0.25) is 24.5 Å². The van der Waals surface area contributed by atoms with Gasteiger partial charge in [-0.2, -0.15) is 0 Å². The molecule has 0 saturated carbocycles. The molecule has 3 aromatic rings. The number of ether oxygens (including phenoxy) is 1. The number of Topliss-reactive ketones (excluding diaryl/α,β-unsaturated/α-hetero) is 1. The molecule has 3 aromatic carbocycles. The Hall–Kier alpha value is -4.46. The fraction of sp³-hybridized carbons (Fsp3) is 0.154. The molecule has 0 fully saturated rings. The standard InChI is InChI=1S/C26H19NO7/c1-14(2)15-7-9-16(10-8-15)21(28)13-34-26(31)20-12-11-19-22(23(20)27(32)33)25(30)18-6-4-3-5-17(18)24(19)29/h3-12,14H,13H2,1-2H3. The Labute approximate surface area is 194 Å². The lowest BCUT2D eigenvalue weighted by atomic mass is 9.82. The van der Waals surface area contributed by atoms with E-state index in [4.69, 9.17) is 4.74 Å². The third kappa shape index (κ3) is 3.90. The van der Waals surface area contributed by atoms with Gasteiger partial charge in [0.2, 0.25) is 5.78 Å². The molecule has 0 spiro atoms. The van der Waals surface area contributed by atoms with E-state index in [0.29, 0.717) is 5.56 Å². The lowest BCUT2D eigenvalue weighted by molar-refractivity contribution is -0.385. The summed E-state index contributed by atoms with van der Waals surface area (Å²) in [7, 11) is 0. The van der Waals surface area contributed by atoms with Gasteiger partial charge in [-0.1, -0.05) is 62.4 Å². The molecule has 0 unspecified atom stereocenters. The summed E-state index contributed by atoms with van der Waals surface area (Å²) in [5.74, 6) is -2.61. The Morgan fingerprint density at radius 1 is 0.882 bits per heavy atom. The zero-order valence-electron chi connectivity index (χ0n) is 18.4. The molecule has 0 radical (unpaired) electrons. The van der Waals surface area contributed by atoms with Gasteiger partial charge in [-0.05, 0) is 23.6 Å². The van der Waals surface area contributed by atoms with Crippen LogP contribution in [0.4, 0.5) is 5.69 Å². The minimum absolute atomic E-state index is 0.0219. The molecule has 8 nitrogen and oxygen atoms in total. The molecule has 1 aliphatic carbocycles. The van der Waals surface area contributed by atoms with Crippen LogP contribution in [-0.4, -0.2) is 34.8 Å². The molecular formula is C26H19NO7. The topological polar surface area (TPSA) is 121 Å². The number of nitro benzene ring substituents is 1. The Morgan fingerprint density at radius 2 is 1.50 bits per heavy atom. The van der Waals surface area contributed by atoms with Crippen molar-refractivity contribution in [2.75, 3.05) is 6.61 Å². The first-order valence-corrected chi connectivity index (χ1v) is 10.5. The SMILES string of the molecule is CC(C)c1ccc(C(=O)COC(=O)c2ccc3c(c2[N+](=O)[O-])C(=O)c2ccccc2C3=O)cc1. The molecule has 1 aliphatic rings. The number of fused-ring (bicyclic) bond motifs is 2. The average Bonchev–Trinajstić information content (AvgIpc) is 2.84. The molecular weight excluding hydrogens is 438 g/mol. The highest BCUT2D eigenvalue weighted by Crippen LogP contribution is 2.35. The van der Waals surface area contributed by atoms with E-state index in [0.717, 1.165) is 11.6 Å². The van der Waals surface area contributed by atoms with E-state index in [1.165, 1.54) is 24.3 Å². The summed E-state index contributed by atoms with van der Waals surface area (Å²) >= 11 is 0. The zero-order chi connectivity index (χ0) is 24.6. The molecule has 0 atom stereocenters. The number of carbonyl (C=O) groups is 4. The number of carbonyl (C=O) groups excluding carboxylic acids is 4. The molecule has 8 heteroatoms. The molecule has 170 valence electrons. The maximum atomic E-state index is 13.0. The van der Waals surface area contributed by atoms with E-state index in [1.54, 1.807) is 30.3 Å². The second kappa shape index (κ2) is 8.82. The van der Waals surface area contributed by atoms with Crippen molar-refractivity contribution >= 4 is 29.0 Å². The second-order valence-corrected chi connectivity index (χ2v) is 8.12. The van der Waals surface area contributed by atoms with Crippen molar-refractivity contribution in [2.24, 2.45) is 0 Å². The predicted octanol–water partition coefficient (Wildman–Crippen LogP) is 4.53. The number of nitro groups is 1. The number of hydrogen-bond acceptors (Lipinski definition) is 7. The van der Waals surface area contributed by atoms with E-state index in [-0.39, 0.29) is 22.6 Å². The summed E-state index contributed by atoms with van der Waals surface area (Å²) in [6, 6.07) is 15.1. The highest BCUT2D eigenvalue weighted by Gasteiger charge is 2.39. The smallest absolute Gasteiger partial charge is 0.345 e. The predicted molar refractivity (Wildman–Crippen MR) is 122 cm³/mol. The molecule has 0 amide bonds. The van der Waals surface area contributed by atoms with E-state index >= 15 is 0 Å². The minimum Gasteiger partial charge on any atom is -0.454 e. The molecule has 34 heavy (non-hydrogen) atoms. The van der Waals surface area contributed by atoms with Crippen LogP contribution in [0.15, 0.2) is 60.7 Å². The van der Waals surface area contributed by atoms with Crippen molar-refractivity contribution < 1.29 is 28.8 Å². The van der Waals surface area contributed by atoms with Crippen LogP contribution >= 0.6 is 0 Å². The van der Waals surface area contributed by atoms with Gasteiger partial charge in [0, 0.05) is 22.3 Å². The summed E-state index contributed by atoms with van der Waals surface area (Å²) in [6.07, 6.45) is 0. The lowest BCUT2D eigenvalue weighted by Gasteiger charge is -2.18. The summed E-state index contributed by atoms with van der Waals surface area (Å²) in [4.78, 5) is 61.9. The summed E-state index contributed by atoms with van der Waals surface area (Å²) < 4.78 is 5.05. The molecule has 4 rings (SSSR count). The van der Waals surface area contributed by atoms with E-state index < -0.39 is 51.7 Å².